The van der Waals surface area contributed by atoms with Crippen LogP contribution in [0.1, 0.15) is 78.1 Å². The molecule has 0 aromatic carbocycles. The van der Waals surface area contributed by atoms with Gasteiger partial charge in [-0.25, -0.2) is 0 Å². The Hall–Kier alpha value is -1.43. The number of Topliss-reactive ketones (excluding diaryl/α,β-unsaturated/α-hetero) is 1. The molecule has 6 heteroatoms. The maximum Gasteiger partial charge on any atom is 0.220 e. The summed E-state index contributed by atoms with van der Waals surface area (Å²) in [6, 6.07) is 0.147. The van der Waals surface area contributed by atoms with Gasteiger partial charge in [-0.1, -0.05) is 19.0 Å². The van der Waals surface area contributed by atoms with Crippen LogP contribution < -0.4 is 11.1 Å². The van der Waals surface area contributed by atoms with Gasteiger partial charge < -0.3 is 16.3 Å². The van der Waals surface area contributed by atoms with Crippen molar-refractivity contribution in [2.75, 3.05) is 6.54 Å². The van der Waals surface area contributed by atoms with E-state index in [0.717, 1.165) is 50.7 Å². The van der Waals surface area contributed by atoms with Crippen molar-refractivity contribution in [3.05, 3.63) is 0 Å². The molecular formula is C23H37N3O3. The average Bonchev–Trinajstić information content (AvgIpc) is 3.01. The number of amides is 1. The van der Waals surface area contributed by atoms with E-state index in [1.807, 2.05) is 0 Å². The van der Waals surface area contributed by atoms with Gasteiger partial charge in [0, 0.05) is 30.2 Å². The topological polar surface area (TPSA) is 105 Å². The molecule has 0 aromatic heterocycles. The molecule has 6 nitrogen and oxygen atoms in total. The van der Waals surface area contributed by atoms with E-state index in [-0.39, 0.29) is 28.7 Å². The number of rotatable bonds is 4. The van der Waals surface area contributed by atoms with E-state index < -0.39 is 0 Å². The van der Waals surface area contributed by atoms with Crippen molar-refractivity contribution in [1.29, 1.82) is 0 Å². The van der Waals surface area contributed by atoms with Crippen LogP contribution in [-0.2, 0) is 9.59 Å². The number of hydrogen-bond donors (Lipinski definition) is 3. The Labute approximate surface area is 174 Å². The van der Waals surface area contributed by atoms with Crippen LogP contribution in [-0.4, -0.2) is 35.2 Å². The molecule has 4 N–H and O–H groups in total. The Kier molecular flexibility index (Phi) is 5.51. The first-order valence-corrected chi connectivity index (χ1v) is 11.6. The Morgan fingerprint density at radius 1 is 1.24 bits per heavy atom. The van der Waals surface area contributed by atoms with Crippen molar-refractivity contribution in [2.24, 2.45) is 45.4 Å². The monoisotopic (exact) mass is 403 g/mol. The second-order valence-corrected chi connectivity index (χ2v) is 10.6. The molecule has 7 atom stereocenters. The first kappa shape index (κ1) is 20.8. The van der Waals surface area contributed by atoms with Crippen LogP contribution in [0.5, 0.6) is 0 Å². The van der Waals surface area contributed by atoms with E-state index in [2.05, 4.69) is 24.3 Å². The summed E-state index contributed by atoms with van der Waals surface area (Å²) in [5.41, 5.74) is 6.35. The third kappa shape index (κ3) is 3.31. The first-order valence-electron chi connectivity index (χ1n) is 11.6. The van der Waals surface area contributed by atoms with Crippen molar-refractivity contribution in [3.8, 4) is 0 Å². The maximum absolute atomic E-state index is 12.6. The fraction of sp³-hybridized carbons (Fsp3) is 0.870. The molecule has 0 saturated heterocycles. The van der Waals surface area contributed by atoms with Gasteiger partial charge in [-0.2, -0.15) is 0 Å². The van der Waals surface area contributed by atoms with Crippen LogP contribution in [0, 0.1) is 34.5 Å². The molecule has 29 heavy (non-hydrogen) atoms. The summed E-state index contributed by atoms with van der Waals surface area (Å²) in [6.45, 7) is 5.10. The number of ketones is 1. The van der Waals surface area contributed by atoms with Crippen LogP contribution in [0.3, 0.4) is 0 Å². The number of carbonyl (C=O) groups excluding carboxylic acids is 2. The van der Waals surface area contributed by atoms with Gasteiger partial charge in [0.05, 0.1) is 5.71 Å². The SMILES string of the molecule is C[C@]12CC[C@H](NC(=O)CCCN)CC1/C(=N/O)C[C@@H]1[C@@H]2CC[C@]2(C)C(=O)CC[C@@H]12. The lowest BCUT2D eigenvalue weighted by atomic mass is 9.44. The minimum absolute atomic E-state index is 0.0816. The minimum atomic E-state index is -0.168. The van der Waals surface area contributed by atoms with E-state index in [1.165, 1.54) is 0 Å². The van der Waals surface area contributed by atoms with Crippen LogP contribution in [0.2, 0.25) is 0 Å². The lowest BCUT2D eigenvalue weighted by Gasteiger charge is -2.60. The van der Waals surface area contributed by atoms with Crippen molar-refractivity contribution in [2.45, 2.75) is 84.1 Å². The number of fused-ring (bicyclic) bond motifs is 5. The number of nitrogens with one attached hydrogen (secondary N) is 1. The molecule has 4 fully saturated rings. The molecule has 0 aliphatic heterocycles. The van der Waals surface area contributed by atoms with E-state index in [4.69, 9.17) is 5.73 Å². The molecule has 0 bridgehead atoms. The lowest BCUT2D eigenvalue weighted by Crippen LogP contribution is -2.58. The Bertz CT molecular complexity index is 707. The molecule has 1 amide bonds. The summed E-state index contributed by atoms with van der Waals surface area (Å²) in [5, 5.41) is 16.9. The van der Waals surface area contributed by atoms with Crippen molar-refractivity contribution in [1.82, 2.24) is 5.32 Å². The van der Waals surface area contributed by atoms with Gasteiger partial charge in [0.2, 0.25) is 5.91 Å². The van der Waals surface area contributed by atoms with Gasteiger partial charge in [-0.3, -0.25) is 9.59 Å². The fourth-order valence-corrected chi connectivity index (χ4v) is 7.64. The summed E-state index contributed by atoms with van der Waals surface area (Å²) >= 11 is 0. The molecular weight excluding hydrogens is 366 g/mol. The van der Waals surface area contributed by atoms with Crippen LogP contribution >= 0.6 is 0 Å². The van der Waals surface area contributed by atoms with E-state index >= 15 is 0 Å². The summed E-state index contributed by atoms with van der Waals surface area (Å²) in [7, 11) is 0. The predicted molar refractivity (Wildman–Crippen MR) is 112 cm³/mol. The maximum atomic E-state index is 12.6. The molecule has 4 saturated carbocycles. The number of hydrogen-bond acceptors (Lipinski definition) is 5. The molecule has 4 rings (SSSR count). The third-order valence-electron chi connectivity index (χ3n) is 9.29. The minimum Gasteiger partial charge on any atom is -0.411 e. The summed E-state index contributed by atoms with van der Waals surface area (Å²) in [5.74, 6) is 2.19. The Morgan fingerprint density at radius 2 is 2.03 bits per heavy atom. The second-order valence-electron chi connectivity index (χ2n) is 10.6. The lowest BCUT2D eigenvalue weighted by molar-refractivity contribution is -0.134. The van der Waals surface area contributed by atoms with E-state index in [9.17, 15) is 14.8 Å². The molecule has 0 radical (unpaired) electrons. The van der Waals surface area contributed by atoms with Crippen molar-refractivity contribution in [3.63, 3.8) is 0 Å². The molecule has 4 aliphatic rings. The highest BCUT2D eigenvalue weighted by Gasteiger charge is 2.61. The average molecular weight is 404 g/mol. The van der Waals surface area contributed by atoms with Gasteiger partial charge in [-0.05, 0) is 81.1 Å². The molecule has 0 spiro atoms. The zero-order valence-corrected chi connectivity index (χ0v) is 18.0. The third-order valence-corrected chi connectivity index (χ3v) is 9.29. The van der Waals surface area contributed by atoms with Crippen LogP contribution in [0.25, 0.3) is 0 Å². The van der Waals surface area contributed by atoms with Gasteiger partial charge >= 0.3 is 0 Å². The first-order chi connectivity index (χ1) is 13.8. The Balaban J connectivity index is 1.53. The smallest absolute Gasteiger partial charge is 0.220 e. The van der Waals surface area contributed by atoms with E-state index in [1.54, 1.807) is 0 Å². The molecule has 1 unspecified atom stereocenters. The van der Waals surface area contributed by atoms with Gasteiger partial charge in [-0.15, -0.1) is 0 Å². The summed E-state index contributed by atoms with van der Waals surface area (Å²) in [6.07, 6.45) is 8.69. The van der Waals surface area contributed by atoms with Crippen molar-refractivity contribution >= 4 is 17.4 Å². The number of oxime groups is 1. The molecule has 0 aromatic rings. The van der Waals surface area contributed by atoms with Crippen molar-refractivity contribution < 1.29 is 14.8 Å². The van der Waals surface area contributed by atoms with E-state index in [0.29, 0.717) is 49.3 Å². The van der Waals surface area contributed by atoms with Gasteiger partial charge in [0.25, 0.3) is 0 Å². The molecule has 162 valence electrons. The molecule has 0 heterocycles. The number of nitrogens with zero attached hydrogens (tertiary/aromatic N) is 1. The molecule has 4 aliphatic carbocycles. The largest absolute Gasteiger partial charge is 0.411 e. The predicted octanol–water partition coefficient (Wildman–Crippen LogP) is 3.26. The van der Waals surface area contributed by atoms with Crippen LogP contribution in [0.15, 0.2) is 5.16 Å². The highest BCUT2D eigenvalue weighted by atomic mass is 16.4. The highest BCUT2D eigenvalue weighted by Crippen LogP contribution is 2.64. The second kappa shape index (κ2) is 7.68. The van der Waals surface area contributed by atoms with Crippen LogP contribution in [0.4, 0.5) is 0 Å². The Morgan fingerprint density at radius 3 is 2.76 bits per heavy atom. The highest BCUT2D eigenvalue weighted by molar-refractivity contribution is 5.90. The number of carbonyl (C=O) groups is 2. The quantitative estimate of drug-likeness (QED) is 0.495. The number of nitrogens with two attached hydrogens (primary N) is 1. The normalized spacial score (nSPS) is 45.4. The van der Waals surface area contributed by atoms with Gasteiger partial charge in [0.15, 0.2) is 0 Å². The summed E-state index contributed by atoms with van der Waals surface area (Å²) in [4.78, 5) is 24.8. The summed E-state index contributed by atoms with van der Waals surface area (Å²) < 4.78 is 0. The van der Waals surface area contributed by atoms with Gasteiger partial charge in [0.1, 0.15) is 5.78 Å². The fourth-order valence-electron chi connectivity index (χ4n) is 7.64. The standard InChI is InChI=1S/C23H37N3O3/c1-22-9-7-14(25-21(28)4-3-11-24)12-18(22)19(26-29)13-15-16-5-6-20(27)23(16,2)10-8-17(15)22/h14-18,29H,3-13,24H2,1-2H3,(H,25,28)/b26-19+/t14-,15-,16-,17-,18?,22+,23-/m0/s1. The zero-order chi connectivity index (χ0) is 20.8. The zero-order valence-electron chi connectivity index (χ0n) is 18.0.